The zero-order valence-corrected chi connectivity index (χ0v) is 17.6. The van der Waals surface area contributed by atoms with Gasteiger partial charge in [-0.05, 0) is 24.8 Å². The van der Waals surface area contributed by atoms with Gasteiger partial charge in [-0.3, -0.25) is 0 Å². The van der Waals surface area contributed by atoms with Crippen LogP contribution in [0.25, 0.3) is 11.3 Å². The third-order valence-corrected chi connectivity index (χ3v) is 5.45. The number of benzene rings is 2. The van der Waals surface area contributed by atoms with Crippen molar-refractivity contribution in [3.8, 4) is 11.3 Å². The lowest BCUT2D eigenvalue weighted by Crippen LogP contribution is -2.39. The van der Waals surface area contributed by atoms with Gasteiger partial charge in [0.2, 0.25) is 0 Å². The Morgan fingerprint density at radius 1 is 1.03 bits per heavy atom. The second-order valence-electron chi connectivity index (χ2n) is 7.56. The number of carbonyl (C=O) groups excluding carboxylic acids is 1. The molecule has 1 heterocycles. The summed E-state index contributed by atoms with van der Waals surface area (Å²) in [5.41, 5.74) is 4.10. The molecule has 5 heteroatoms. The number of aromatic nitrogens is 3. The molecule has 0 saturated heterocycles. The zero-order chi connectivity index (χ0) is 20.6. The van der Waals surface area contributed by atoms with Crippen LogP contribution in [0.2, 0.25) is 0 Å². The van der Waals surface area contributed by atoms with E-state index in [1.54, 1.807) is 6.20 Å². The minimum atomic E-state index is -0.112. The Kier molecular flexibility index (Phi) is 7.17. The molecule has 2 aromatic carbocycles. The highest BCUT2D eigenvalue weighted by molar-refractivity contribution is 5.77. The van der Waals surface area contributed by atoms with Crippen molar-refractivity contribution >= 4 is 6.03 Å². The van der Waals surface area contributed by atoms with Crippen LogP contribution in [0, 0.1) is 12.8 Å². The van der Waals surface area contributed by atoms with E-state index in [4.69, 9.17) is 0 Å². The molecule has 0 bridgehead atoms. The molecule has 0 spiro atoms. The van der Waals surface area contributed by atoms with Gasteiger partial charge in [-0.2, -0.15) is 4.68 Å². The average molecular weight is 391 g/mol. The Bertz CT molecular complexity index is 898. The Morgan fingerprint density at radius 2 is 1.72 bits per heavy atom. The van der Waals surface area contributed by atoms with Gasteiger partial charge in [-0.25, -0.2) is 4.79 Å². The second-order valence-corrected chi connectivity index (χ2v) is 7.56. The molecule has 0 unspecified atom stereocenters. The fraction of sp³-hybridized carbons (Fsp3) is 0.375. The molecular formula is C24H30N4O. The van der Waals surface area contributed by atoms with E-state index in [9.17, 15) is 4.79 Å². The minimum Gasteiger partial charge on any atom is -0.322 e. The third kappa shape index (κ3) is 5.53. The van der Waals surface area contributed by atoms with Crippen LogP contribution < -0.4 is 0 Å². The lowest BCUT2D eigenvalue weighted by atomic mass is 10.0. The van der Waals surface area contributed by atoms with Crippen LogP contribution in [0.3, 0.4) is 0 Å². The summed E-state index contributed by atoms with van der Waals surface area (Å²) in [6.45, 7) is 7.81. The van der Waals surface area contributed by atoms with Crippen LogP contribution in [0.5, 0.6) is 0 Å². The van der Waals surface area contributed by atoms with Gasteiger partial charge in [0, 0.05) is 18.7 Å². The maximum Gasteiger partial charge on any atom is 0.346 e. The van der Waals surface area contributed by atoms with E-state index in [1.165, 1.54) is 15.8 Å². The molecule has 5 nitrogen and oxygen atoms in total. The van der Waals surface area contributed by atoms with Crippen LogP contribution in [0.1, 0.15) is 37.8 Å². The predicted molar refractivity (Wildman–Crippen MR) is 117 cm³/mol. The Labute approximate surface area is 173 Å². The number of rotatable bonds is 8. The predicted octanol–water partition coefficient (Wildman–Crippen LogP) is 5.20. The number of aryl methyl sites for hydroxylation is 1. The molecule has 0 saturated carbocycles. The van der Waals surface area contributed by atoms with E-state index in [0.717, 1.165) is 31.4 Å². The largest absolute Gasteiger partial charge is 0.346 e. The van der Waals surface area contributed by atoms with Gasteiger partial charge in [0.25, 0.3) is 0 Å². The molecule has 1 aromatic heterocycles. The van der Waals surface area contributed by atoms with Crippen molar-refractivity contribution in [1.29, 1.82) is 0 Å². The molecule has 0 aliphatic rings. The molecular weight excluding hydrogens is 360 g/mol. The molecule has 29 heavy (non-hydrogen) atoms. The van der Waals surface area contributed by atoms with Crippen LogP contribution in [-0.4, -0.2) is 39.0 Å². The standard InChI is InChI=1S/C24H30N4O/c1-4-20(5-2)17-27(16-15-21-9-7-6-8-10-21)24(29)28-18-23(25-26-28)22-13-11-19(3)12-14-22/h6-14,18,20H,4-5,15-17H2,1-3H3. The second kappa shape index (κ2) is 10.0. The molecule has 0 atom stereocenters. The highest BCUT2D eigenvalue weighted by atomic mass is 16.2. The van der Waals surface area contributed by atoms with Gasteiger partial charge in [-0.15, -0.1) is 5.10 Å². The summed E-state index contributed by atoms with van der Waals surface area (Å²) in [6, 6.07) is 18.3. The summed E-state index contributed by atoms with van der Waals surface area (Å²) < 4.78 is 1.38. The maximum absolute atomic E-state index is 13.2. The quantitative estimate of drug-likeness (QED) is 0.531. The first-order valence-corrected chi connectivity index (χ1v) is 10.4. The molecule has 0 aliphatic carbocycles. The number of hydrogen-bond acceptors (Lipinski definition) is 3. The van der Waals surface area contributed by atoms with E-state index < -0.39 is 0 Å². The first kappa shape index (κ1) is 20.8. The summed E-state index contributed by atoms with van der Waals surface area (Å²) in [7, 11) is 0. The van der Waals surface area contributed by atoms with Crippen molar-refractivity contribution in [3.63, 3.8) is 0 Å². The minimum absolute atomic E-state index is 0.112. The monoisotopic (exact) mass is 390 g/mol. The van der Waals surface area contributed by atoms with E-state index in [-0.39, 0.29) is 6.03 Å². The van der Waals surface area contributed by atoms with E-state index in [1.807, 2.05) is 54.3 Å². The topological polar surface area (TPSA) is 51.0 Å². The highest BCUT2D eigenvalue weighted by Crippen LogP contribution is 2.18. The van der Waals surface area contributed by atoms with Gasteiger partial charge < -0.3 is 4.90 Å². The van der Waals surface area contributed by atoms with E-state index in [0.29, 0.717) is 18.2 Å². The fourth-order valence-electron chi connectivity index (χ4n) is 3.39. The van der Waals surface area contributed by atoms with Crippen molar-refractivity contribution < 1.29 is 4.79 Å². The molecule has 0 aliphatic heterocycles. The average Bonchev–Trinajstić information content (AvgIpc) is 3.25. The van der Waals surface area contributed by atoms with Crippen molar-refractivity contribution in [2.24, 2.45) is 5.92 Å². The van der Waals surface area contributed by atoms with Gasteiger partial charge in [0.1, 0.15) is 5.69 Å². The van der Waals surface area contributed by atoms with Crippen LogP contribution in [0.15, 0.2) is 60.8 Å². The molecule has 0 radical (unpaired) electrons. The zero-order valence-electron chi connectivity index (χ0n) is 17.6. The van der Waals surface area contributed by atoms with Crippen LogP contribution >= 0.6 is 0 Å². The molecule has 152 valence electrons. The maximum atomic E-state index is 13.2. The Balaban J connectivity index is 1.76. The van der Waals surface area contributed by atoms with Crippen molar-refractivity contribution in [3.05, 3.63) is 71.9 Å². The molecule has 1 amide bonds. The normalized spacial score (nSPS) is 11.0. The SMILES string of the molecule is CCC(CC)CN(CCc1ccccc1)C(=O)n1cc(-c2ccc(C)cc2)nn1. The Hall–Kier alpha value is -2.95. The van der Waals surface area contributed by atoms with Gasteiger partial charge >= 0.3 is 6.03 Å². The van der Waals surface area contributed by atoms with Crippen molar-refractivity contribution in [1.82, 2.24) is 19.9 Å². The van der Waals surface area contributed by atoms with Crippen LogP contribution in [-0.2, 0) is 6.42 Å². The molecule has 3 aromatic rings. The highest BCUT2D eigenvalue weighted by Gasteiger charge is 2.20. The number of amides is 1. The summed E-state index contributed by atoms with van der Waals surface area (Å²) in [5, 5.41) is 8.35. The summed E-state index contributed by atoms with van der Waals surface area (Å²) >= 11 is 0. The summed E-state index contributed by atoms with van der Waals surface area (Å²) in [4.78, 5) is 15.1. The lowest BCUT2D eigenvalue weighted by molar-refractivity contribution is 0.184. The lowest BCUT2D eigenvalue weighted by Gasteiger charge is -2.26. The number of hydrogen-bond donors (Lipinski definition) is 0. The molecule has 0 fully saturated rings. The smallest absolute Gasteiger partial charge is 0.322 e. The Morgan fingerprint density at radius 3 is 2.38 bits per heavy atom. The number of carbonyl (C=O) groups is 1. The van der Waals surface area contributed by atoms with Gasteiger partial charge in [-0.1, -0.05) is 92.1 Å². The van der Waals surface area contributed by atoms with Crippen molar-refractivity contribution in [2.75, 3.05) is 13.1 Å². The van der Waals surface area contributed by atoms with Gasteiger partial charge in [0.05, 0.1) is 6.20 Å². The van der Waals surface area contributed by atoms with E-state index >= 15 is 0 Å². The van der Waals surface area contributed by atoms with Crippen molar-refractivity contribution in [2.45, 2.75) is 40.0 Å². The molecule has 3 rings (SSSR count). The first-order chi connectivity index (χ1) is 14.1. The van der Waals surface area contributed by atoms with Gasteiger partial charge in [0.15, 0.2) is 0 Å². The summed E-state index contributed by atoms with van der Waals surface area (Å²) in [6.07, 6.45) is 4.66. The fourth-order valence-corrected chi connectivity index (χ4v) is 3.39. The van der Waals surface area contributed by atoms with Crippen LogP contribution in [0.4, 0.5) is 4.79 Å². The first-order valence-electron chi connectivity index (χ1n) is 10.4. The molecule has 0 N–H and O–H groups in total. The third-order valence-electron chi connectivity index (χ3n) is 5.45. The van der Waals surface area contributed by atoms with E-state index in [2.05, 4.69) is 36.3 Å². The number of nitrogens with zero attached hydrogens (tertiary/aromatic N) is 4. The summed E-state index contributed by atoms with van der Waals surface area (Å²) in [5.74, 6) is 0.481.